The third-order valence-corrected chi connectivity index (χ3v) is 2.88. The minimum atomic E-state index is -0.714. The number of nitrogen functional groups attached to an aromatic ring is 1. The van der Waals surface area contributed by atoms with E-state index in [2.05, 4.69) is 0 Å². The molecule has 3 N–H and O–H groups in total. The molecule has 1 atom stereocenters. The van der Waals surface area contributed by atoms with Gasteiger partial charge in [-0.2, -0.15) is 0 Å². The van der Waals surface area contributed by atoms with Crippen LogP contribution in [0.5, 0.6) is 11.5 Å². The third-order valence-electron chi connectivity index (χ3n) is 2.88. The summed E-state index contributed by atoms with van der Waals surface area (Å²) in [4.78, 5) is 0. The first-order valence-electron chi connectivity index (χ1n) is 6.50. The first-order valence-corrected chi connectivity index (χ1v) is 6.50. The van der Waals surface area contributed by atoms with Gasteiger partial charge in [0.15, 0.2) is 0 Å². The fourth-order valence-electron chi connectivity index (χ4n) is 1.75. The van der Waals surface area contributed by atoms with E-state index in [1.54, 1.807) is 12.1 Å². The maximum atomic E-state index is 9.86. The lowest BCUT2D eigenvalue weighted by atomic mass is 10.2. The molecule has 0 radical (unpaired) electrons. The topological polar surface area (TPSA) is 64.7 Å². The van der Waals surface area contributed by atoms with E-state index in [4.69, 9.17) is 15.2 Å². The number of hydrogen-bond acceptors (Lipinski definition) is 4. The summed E-state index contributed by atoms with van der Waals surface area (Å²) in [6.07, 6.45) is -0.714. The molecule has 0 heterocycles. The third kappa shape index (κ3) is 3.90. The van der Waals surface area contributed by atoms with Crippen LogP contribution in [0.25, 0.3) is 0 Å². The molecule has 0 saturated heterocycles. The van der Waals surface area contributed by atoms with Gasteiger partial charge in [-0.05, 0) is 30.7 Å². The first kappa shape index (κ1) is 14.2. The molecule has 20 heavy (non-hydrogen) atoms. The molecule has 0 fully saturated rings. The van der Waals surface area contributed by atoms with E-state index in [0.29, 0.717) is 11.4 Å². The van der Waals surface area contributed by atoms with Crippen LogP contribution in [0, 0.1) is 6.92 Å². The van der Waals surface area contributed by atoms with Crippen molar-refractivity contribution in [2.45, 2.75) is 13.0 Å². The largest absolute Gasteiger partial charge is 0.490 e. The smallest absolute Gasteiger partial charge is 0.142 e. The number of anilines is 1. The molecule has 0 aliphatic rings. The molecule has 0 aliphatic heterocycles. The molecule has 0 aliphatic carbocycles. The summed E-state index contributed by atoms with van der Waals surface area (Å²) >= 11 is 0. The van der Waals surface area contributed by atoms with Gasteiger partial charge >= 0.3 is 0 Å². The Hall–Kier alpha value is -2.20. The van der Waals surface area contributed by atoms with Gasteiger partial charge < -0.3 is 20.3 Å². The standard InChI is InChI=1S/C16H19NO3/c1-12-6-2-4-8-15(12)19-10-13(18)11-20-16-9-5-3-7-14(16)17/h2-9,13,18H,10-11,17H2,1H3. The maximum absolute atomic E-state index is 9.86. The van der Waals surface area contributed by atoms with Crippen molar-refractivity contribution >= 4 is 5.69 Å². The van der Waals surface area contributed by atoms with Crippen molar-refractivity contribution in [1.29, 1.82) is 0 Å². The number of benzene rings is 2. The van der Waals surface area contributed by atoms with Gasteiger partial charge in [-0.15, -0.1) is 0 Å². The molecule has 106 valence electrons. The van der Waals surface area contributed by atoms with Crippen molar-refractivity contribution < 1.29 is 14.6 Å². The number of hydrogen-bond donors (Lipinski definition) is 2. The molecule has 4 nitrogen and oxygen atoms in total. The molecular weight excluding hydrogens is 254 g/mol. The Morgan fingerprint density at radius 1 is 0.950 bits per heavy atom. The Morgan fingerprint density at radius 2 is 1.50 bits per heavy atom. The summed E-state index contributed by atoms with van der Waals surface area (Å²) in [6, 6.07) is 14.9. The number of rotatable bonds is 6. The summed E-state index contributed by atoms with van der Waals surface area (Å²) in [6.45, 7) is 2.28. The fraction of sp³-hybridized carbons (Fsp3) is 0.250. The normalized spacial score (nSPS) is 11.9. The van der Waals surface area contributed by atoms with Crippen molar-refractivity contribution in [3.8, 4) is 11.5 Å². The molecule has 1 unspecified atom stereocenters. The maximum Gasteiger partial charge on any atom is 0.142 e. The highest BCUT2D eigenvalue weighted by molar-refractivity contribution is 5.51. The molecule has 0 aromatic heterocycles. The number of aryl methyl sites for hydroxylation is 1. The van der Waals surface area contributed by atoms with Gasteiger partial charge in [-0.25, -0.2) is 0 Å². The molecule has 4 heteroatoms. The van der Waals surface area contributed by atoms with Gasteiger partial charge in [0.1, 0.15) is 30.8 Å². The van der Waals surface area contributed by atoms with Crippen LogP contribution in [0.2, 0.25) is 0 Å². The zero-order chi connectivity index (χ0) is 14.4. The van der Waals surface area contributed by atoms with Gasteiger partial charge in [-0.3, -0.25) is 0 Å². The van der Waals surface area contributed by atoms with Crippen LogP contribution in [0.3, 0.4) is 0 Å². The van der Waals surface area contributed by atoms with Crippen molar-refractivity contribution in [3.05, 3.63) is 54.1 Å². The lowest BCUT2D eigenvalue weighted by molar-refractivity contribution is 0.0627. The highest BCUT2D eigenvalue weighted by Crippen LogP contribution is 2.20. The van der Waals surface area contributed by atoms with Crippen molar-refractivity contribution in [1.82, 2.24) is 0 Å². The summed E-state index contributed by atoms with van der Waals surface area (Å²) in [5.41, 5.74) is 7.34. The quantitative estimate of drug-likeness (QED) is 0.793. The minimum Gasteiger partial charge on any atom is -0.490 e. The van der Waals surface area contributed by atoms with Crippen LogP contribution in [-0.2, 0) is 0 Å². The number of aliphatic hydroxyl groups excluding tert-OH is 1. The van der Waals surface area contributed by atoms with Gasteiger partial charge in [-0.1, -0.05) is 30.3 Å². The van der Waals surface area contributed by atoms with Crippen molar-refractivity contribution in [2.75, 3.05) is 18.9 Å². The van der Waals surface area contributed by atoms with Crippen molar-refractivity contribution in [2.24, 2.45) is 0 Å². The van der Waals surface area contributed by atoms with Crippen LogP contribution >= 0.6 is 0 Å². The second-order valence-electron chi connectivity index (χ2n) is 4.58. The minimum absolute atomic E-state index is 0.139. The summed E-state index contributed by atoms with van der Waals surface area (Å²) < 4.78 is 11.0. The van der Waals surface area contributed by atoms with Crippen LogP contribution in [-0.4, -0.2) is 24.4 Å². The number of ether oxygens (including phenoxy) is 2. The van der Waals surface area contributed by atoms with E-state index in [0.717, 1.165) is 11.3 Å². The zero-order valence-corrected chi connectivity index (χ0v) is 11.5. The average Bonchev–Trinajstić information content (AvgIpc) is 2.45. The second kappa shape index (κ2) is 6.82. The van der Waals surface area contributed by atoms with Gasteiger partial charge in [0.2, 0.25) is 0 Å². The molecule has 0 bridgehead atoms. The fourth-order valence-corrected chi connectivity index (χ4v) is 1.75. The lowest BCUT2D eigenvalue weighted by Crippen LogP contribution is -2.25. The highest BCUT2D eigenvalue weighted by atomic mass is 16.5. The van der Waals surface area contributed by atoms with E-state index in [9.17, 15) is 5.11 Å². The van der Waals surface area contributed by atoms with E-state index >= 15 is 0 Å². The predicted molar refractivity (Wildman–Crippen MR) is 79.0 cm³/mol. The van der Waals surface area contributed by atoms with Crippen LogP contribution in [0.1, 0.15) is 5.56 Å². The molecule has 0 spiro atoms. The monoisotopic (exact) mass is 273 g/mol. The first-order chi connectivity index (χ1) is 9.66. The van der Waals surface area contributed by atoms with Gasteiger partial charge in [0.05, 0.1) is 5.69 Å². The van der Waals surface area contributed by atoms with E-state index in [1.807, 2.05) is 43.3 Å². The average molecular weight is 273 g/mol. The van der Waals surface area contributed by atoms with Crippen LogP contribution < -0.4 is 15.2 Å². The zero-order valence-electron chi connectivity index (χ0n) is 11.5. The Kier molecular flexibility index (Phi) is 4.85. The molecular formula is C16H19NO3. The van der Waals surface area contributed by atoms with Gasteiger partial charge in [0, 0.05) is 0 Å². The molecule has 2 rings (SSSR count). The predicted octanol–water partition coefficient (Wildman–Crippen LogP) is 2.40. The summed E-state index contributed by atoms with van der Waals surface area (Å²) in [5, 5.41) is 9.86. The van der Waals surface area contributed by atoms with Gasteiger partial charge in [0.25, 0.3) is 0 Å². The highest BCUT2D eigenvalue weighted by Gasteiger charge is 2.08. The number of para-hydroxylation sites is 3. The van der Waals surface area contributed by atoms with Crippen LogP contribution in [0.15, 0.2) is 48.5 Å². The number of nitrogens with two attached hydrogens (primary N) is 1. The van der Waals surface area contributed by atoms with Crippen molar-refractivity contribution in [3.63, 3.8) is 0 Å². The SMILES string of the molecule is Cc1ccccc1OCC(O)COc1ccccc1N. The van der Waals surface area contributed by atoms with E-state index in [-0.39, 0.29) is 13.2 Å². The van der Waals surface area contributed by atoms with Crippen LogP contribution in [0.4, 0.5) is 5.69 Å². The Balaban J connectivity index is 1.80. The van der Waals surface area contributed by atoms with E-state index in [1.165, 1.54) is 0 Å². The second-order valence-corrected chi connectivity index (χ2v) is 4.58. The molecule has 2 aromatic carbocycles. The molecule has 0 amide bonds. The molecule has 0 saturated carbocycles. The lowest BCUT2D eigenvalue weighted by Gasteiger charge is -2.15. The van der Waals surface area contributed by atoms with E-state index < -0.39 is 6.10 Å². The Labute approximate surface area is 118 Å². The number of aliphatic hydroxyl groups is 1. The Morgan fingerprint density at radius 3 is 2.15 bits per heavy atom. The Bertz CT molecular complexity index is 507. The summed E-state index contributed by atoms with van der Waals surface area (Å²) in [5.74, 6) is 1.34. The summed E-state index contributed by atoms with van der Waals surface area (Å²) in [7, 11) is 0. The molecule has 2 aromatic rings.